The van der Waals surface area contributed by atoms with Gasteiger partial charge in [0.05, 0.1) is 18.8 Å². The van der Waals surface area contributed by atoms with Gasteiger partial charge in [-0.2, -0.15) is 0 Å². The number of nitrogens with zero attached hydrogens (tertiary/aromatic N) is 1. The van der Waals surface area contributed by atoms with Crippen LogP contribution >= 0.6 is 23.2 Å². The van der Waals surface area contributed by atoms with E-state index in [9.17, 15) is 5.11 Å². The average molecular weight is 290 g/mol. The Morgan fingerprint density at radius 1 is 1.44 bits per heavy atom. The molecule has 1 aromatic rings. The van der Waals surface area contributed by atoms with Gasteiger partial charge in [0.1, 0.15) is 0 Å². The number of rotatable bonds is 4. The van der Waals surface area contributed by atoms with Gasteiger partial charge >= 0.3 is 0 Å². The lowest BCUT2D eigenvalue weighted by molar-refractivity contribution is 0.0935. The Morgan fingerprint density at radius 2 is 2.22 bits per heavy atom. The lowest BCUT2D eigenvalue weighted by Gasteiger charge is -2.27. The fourth-order valence-corrected chi connectivity index (χ4v) is 2.96. The molecular formula is C13H17Cl2NO2. The molecule has 3 nitrogen and oxygen atoms in total. The van der Waals surface area contributed by atoms with Crippen LogP contribution in [0, 0.1) is 0 Å². The van der Waals surface area contributed by atoms with Gasteiger partial charge < -0.3 is 9.84 Å². The number of aliphatic hydroxyl groups is 1. The first-order valence-corrected chi connectivity index (χ1v) is 6.75. The second-order valence-electron chi connectivity index (χ2n) is 4.50. The van der Waals surface area contributed by atoms with Crippen molar-refractivity contribution < 1.29 is 9.84 Å². The summed E-state index contributed by atoms with van der Waals surface area (Å²) in [6.45, 7) is 2.29. The van der Waals surface area contributed by atoms with Gasteiger partial charge in [-0.25, -0.2) is 0 Å². The maximum atomic E-state index is 10.1. The van der Waals surface area contributed by atoms with Crippen LogP contribution < -0.4 is 0 Å². The van der Waals surface area contributed by atoms with Gasteiger partial charge in [0.15, 0.2) is 0 Å². The molecular weight excluding hydrogens is 273 g/mol. The Bertz CT molecular complexity index is 414. The molecule has 18 heavy (non-hydrogen) atoms. The van der Waals surface area contributed by atoms with Gasteiger partial charge in [-0.05, 0) is 24.1 Å². The van der Waals surface area contributed by atoms with E-state index in [1.54, 1.807) is 13.2 Å². The number of ether oxygens (including phenoxy) is 1. The van der Waals surface area contributed by atoms with E-state index < -0.39 is 0 Å². The van der Waals surface area contributed by atoms with Gasteiger partial charge in [-0.1, -0.05) is 29.3 Å². The molecule has 1 aliphatic rings. The third-order valence-electron chi connectivity index (χ3n) is 3.33. The SMILES string of the molecule is COCCN1CCC(O)C1c1ccc(Cl)cc1Cl. The van der Waals surface area contributed by atoms with Crippen molar-refractivity contribution in [2.75, 3.05) is 26.8 Å². The van der Waals surface area contributed by atoms with Crippen molar-refractivity contribution in [1.82, 2.24) is 4.90 Å². The Hall–Kier alpha value is -0.320. The maximum Gasteiger partial charge on any atom is 0.0749 e. The standard InChI is InChI=1S/C13H17Cl2NO2/c1-18-7-6-16-5-4-12(17)13(16)10-3-2-9(14)8-11(10)15/h2-3,8,12-13,17H,4-7H2,1H3. The molecule has 2 atom stereocenters. The van der Waals surface area contributed by atoms with Crippen molar-refractivity contribution in [2.24, 2.45) is 0 Å². The Labute approximate surface area is 117 Å². The van der Waals surface area contributed by atoms with E-state index in [1.165, 1.54) is 0 Å². The molecule has 1 N–H and O–H groups in total. The summed E-state index contributed by atoms with van der Waals surface area (Å²) in [6.07, 6.45) is 0.369. The zero-order valence-electron chi connectivity index (χ0n) is 10.3. The summed E-state index contributed by atoms with van der Waals surface area (Å²) in [4.78, 5) is 2.20. The smallest absolute Gasteiger partial charge is 0.0749 e. The minimum absolute atomic E-state index is 0.0649. The van der Waals surface area contributed by atoms with E-state index >= 15 is 0 Å². The first-order chi connectivity index (χ1) is 8.63. The van der Waals surface area contributed by atoms with E-state index in [4.69, 9.17) is 27.9 Å². The van der Waals surface area contributed by atoms with Crippen molar-refractivity contribution >= 4 is 23.2 Å². The zero-order valence-corrected chi connectivity index (χ0v) is 11.8. The summed E-state index contributed by atoms with van der Waals surface area (Å²) in [5, 5.41) is 11.3. The number of likely N-dealkylation sites (tertiary alicyclic amines) is 1. The third kappa shape index (κ3) is 2.98. The van der Waals surface area contributed by atoms with Crippen LogP contribution in [0.2, 0.25) is 10.0 Å². The van der Waals surface area contributed by atoms with Crippen molar-refractivity contribution in [2.45, 2.75) is 18.6 Å². The van der Waals surface area contributed by atoms with Gasteiger partial charge in [-0.3, -0.25) is 4.90 Å². The monoisotopic (exact) mass is 289 g/mol. The minimum atomic E-state index is -0.388. The first kappa shape index (κ1) is 14.1. The van der Waals surface area contributed by atoms with E-state index in [2.05, 4.69) is 4.90 Å². The highest BCUT2D eigenvalue weighted by Gasteiger charge is 2.34. The molecule has 100 valence electrons. The summed E-state index contributed by atoms with van der Waals surface area (Å²) in [5.41, 5.74) is 0.933. The molecule has 1 aliphatic heterocycles. The van der Waals surface area contributed by atoms with Crippen LogP contribution in [0.5, 0.6) is 0 Å². The average Bonchev–Trinajstić information content (AvgIpc) is 2.68. The van der Waals surface area contributed by atoms with E-state index in [0.29, 0.717) is 16.7 Å². The molecule has 0 bridgehead atoms. The molecule has 0 amide bonds. The van der Waals surface area contributed by atoms with E-state index in [-0.39, 0.29) is 12.1 Å². The number of methoxy groups -OCH3 is 1. The Morgan fingerprint density at radius 3 is 2.89 bits per heavy atom. The number of hydrogen-bond donors (Lipinski definition) is 1. The fourth-order valence-electron chi connectivity index (χ4n) is 2.44. The molecule has 0 aromatic heterocycles. The molecule has 0 spiro atoms. The molecule has 2 unspecified atom stereocenters. The zero-order chi connectivity index (χ0) is 13.1. The molecule has 0 saturated carbocycles. The Balaban J connectivity index is 2.22. The Kier molecular flexibility index (Phi) is 4.87. The van der Waals surface area contributed by atoms with Crippen molar-refractivity contribution in [1.29, 1.82) is 0 Å². The topological polar surface area (TPSA) is 32.7 Å². The van der Waals surface area contributed by atoms with Crippen LogP contribution in [0.25, 0.3) is 0 Å². The summed E-state index contributed by atoms with van der Waals surface area (Å²) < 4.78 is 5.10. The second kappa shape index (κ2) is 6.22. The van der Waals surface area contributed by atoms with Gasteiger partial charge in [-0.15, -0.1) is 0 Å². The predicted molar refractivity (Wildman–Crippen MR) is 73.3 cm³/mol. The van der Waals surface area contributed by atoms with Crippen molar-refractivity contribution in [3.05, 3.63) is 33.8 Å². The molecule has 2 rings (SSSR count). The molecule has 1 heterocycles. The lowest BCUT2D eigenvalue weighted by atomic mass is 10.0. The summed E-state index contributed by atoms with van der Waals surface area (Å²) >= 11 is 12.1. The summed E-state index contributed by atoms with van der Waals surface area (Å²) in [5.74, 6) is 0. The number of aliphatic hydroxyl groups excluding tert-OH is 1. The highest BCUT2D eigenvalue weighted by molar-refractivity contribution is 6.35. The molecule has 0 radical (unpaired) electrons. The van der Waals surface area contributed by atoms with Gasteiger partial charge in [0, 0.05) is 30.2 Å². The first-order valence-electron chi connectivity index (χ1n) is 5.99. The highest BCUT2D eigenvalue weighted by Crippen LogP contribution is 2.36. The van der Waals surface area contributed by atoms with Crippen LogP contribution in [0.3, 0.4) is 0 Å². The van der Waals surface area contributed by atoms with Crippen molar-refractivity contribution in [3.63, 3.8) is 0 Å². The van der Waals surface area contributed by atoms with Gasteiger partial charge in [0.25, 0.3) is 0 Å². The van der Waals surface area contributed by atoms with Crippen molar-refractivity contribution in [3.8, 4) is 0 Å². The largest absolute Gasteiger partial charge is 0.391 e. The number of benzene rings is 1. The summed E-state index contributed by atoms with van der Waals surface area (Å²) in [7, 11) is 1.68. The van der Waals surface area contributed by atoms with Crippen LogP contribution in [0.15, 0.2) is 18.2 Å². The quantitative estimate of drug-likeness (QED) is 0.925. The van der Waals surface area contributed by atoms with Crippen LogP contribution in [-0.4, -0.2) is 42.9 Å². The highest BCUT2D eigenvalue weighted by atomic mass is 35.5. The molecule has 1 aromatic carbocycles. The fraction of sp³-hybridized carbons (Fsp3) is 0.538. The third-order valence-corrected chi connectivity index (χ3v) is 3.90. The van der Waals surface area contributed by atoms with Crippen LogP contribution in [0.1, 0.15) is 18.0 Å². The van der Waals surface area contributed by atoms with Crippen LogP contribution in [0.4, 0.5) is 0 Å². The van der Waals surface area contributed by atoms with Crippen LogP contribution in [-0.2, 0) is 4.74 Å². The molecule has 1 saturated heterocycles. The van der Waals surface area contributed by atoms with E-state index in [1.807, 2.05) is 12.1 Å². The van der Waals surface area contributed by atoms with Gasteiger partial charge in [0.2, 0.25) is 0 Å². The minimum Gasteiger partial charge on any atom is -0.391 e. The molecule has 5 heteroatoms. The maximum absolute atomic E-state index is 10.1. The number of halogens is 2. The summed E-state index contributed by atoms with van der Waals surface area (Å²) in [6, 6.07) is 5.36. The predicted octanol–water partition coefficient (Wildman–Crippen LogP) is 2.75. The molecule has 1 fully saturated rings. The lowest BCUT2D eigenvalue weighted by Crippen LogP contribution is -2.30. The number of hydrogen-bond acceptors (Lipinski definition) is 3. The second-order valence-corrected chi connectivity index (χ2v) is 5.34. The normalized spacial score (nSPS) is 24.7. The molecule has 0 aliphatic carbocycles. The van der Waals surface area contributed by atoms with E-state index in [0.717, 1.165) is 25.1 Å².